The van der Waals surface area contributed by atoms with E-state index in [1.54, 1.807) is 4.90 Å². The first-order chi connectivity index (χ1) is 17.8. The molecule has 0 bridgehead atoms. The fourth-order valence-corrected chi connectivity index (χ4v) is 7.78. The summed E-state index contributed by atoms with van der Waals surface area (Å²) in [6.07, 6.45) is -3.08. The first kappa shape index (κ1) is 31.7. The van der Waals surface area contributed by atoms with Crippen molar-refractivity contribution in [1.82, 2.24) is 9.80 Å². The smallest absolute Gasteiger partial charge is 0.366 e. The van der Waals surface area contributed by atoms with Gasteiger partial charge in [0.1, 0.15) is 0 Å². The molecule has 0 amide bonds. The lowest BCUT2D eigenvalue weighted by atomic mass is 9.67. The van der Waals surface area contributed by atoms with Crippen LogP contribution in [0.3, 0.4) is 0 Å². The Kier molecular flexibility index (Phi) is 10.3. The number of hydrogen-bond donors (Lipinski definition) is 1. The third-order valence-electron chi connectivity index (χ3n) is 9.10. The quantitative estimate of drug-likeness (QED) is 0.179. The minimum atomic E-state index is -4.45. The third kappa shape index (κ3) is 7.25. The summed E-state index contributed by atoms with van der Waals surface area (Å²) in [5, 5.41) is 18.7. The minimum absolute atomic E-state index is 0.0518. The molecular formula is C25H36F6N4OS2. The second-order valence-corrected chi connectivity index (χ2v) is 12.9. The van der Waals surface area contributed by atoms with E-state index in [9.17, 15) is 31.6 Å². The standard InChI is InChI=1S/C25H36F6N4OS2/c1-36-23(25(29,30)31)16-35(17-23)20-2-6-21(7-3-20,10-13-32)12-15-34(18-24(26,27)28)19-4-8-22(38-37,9-5-19)11-14-33/h19-20,37H,2-12,15-18H2,1H3. The van der Waals surface area contributed by atoms with Crippen LogP contribution in [0.25, 0.3) is 0 Å². The topological polar surface area (TPSA) is 63.3 Å². The Bertz CT molecular complexity index is 865. The number of halogens is 6. The van der Waals surface area contributed by atoms with Gasteiger partial charge in [-0.15, -0.1) is 11.7 Å². The SMILES string of the molecule is COC1(C(F)(F)F)CN(C2CCC(CC#N)(CCN(CC(F)(F)F)C3CCC(CC#N)(SS)CC3)CC2)C1. The van der Waals surface area contributed by atoms with Crippen molar-refractivity contribution in [2.45, 2.75) is 105 Å². The number of thiol groups is 1. The molecule has 0 spiro atoms. The van der Waals surface area contributed by atoms with Crippen molar-refractivity contribution in [2.24, 2.45) is 5.41 Å². The summed E-state index contributed by atoms with van der Waals surface area (Å²) in [5.74, 6) is 0. The second-order valence-electron chi connectivity index (χ2n) is 11.3. The molecule has 3 fully saturated rings. The Balaban J connectivity index is 1.61. The van der Waals surface area contributed by atoms with E-state index in [1.165, 1.54) is 15.7 Å². The summed E-state index contributed by atoms with van der Waals surface area (Å²) in [4.78, 5) is 3.27. The Morgan fingerprint density at radius 2 is 1.55 bits per heavy atom. The van der Waals surface area contributed by atoms with Gasteiger partial charge in [0.05, 0.1) is 25.1 Å². The number of hydrogen-bond acceptors (Lipinski definition) is 7. The predicted octanol–water partition coefficient (Wildman–Crippen LogP) is 6.52. The second kappa shape index (κ2) is 12.3. The zero-order valence-corrected chi connectivity index (χ0v) is 23.3. The zero-order valence-electron chi connectivity index (χ0n) is 21.6. The maximum absolute atomic E-state index is 13.5. The van der Waals surface area contributed by atoms with Crippen LogP contribution in [-0.2, 0) is 4.74 Å². The summed E-state index contributed by atoms with van der Waals surface area (Å²) in [6, 6.07) is 4.07. The molecule has 0 aromatic heterocycles. The maximum Gasteiger partial charge on any atom is 0.419 e. The van der Waals surface area contributed by atoms with E-state index < -0.39 is 29.9 Å². The van der Waals surface area contributed by atoms with Crippen molar-refractivity contribution in [3.8, 4) is 12.1 Å². The van der Waals surface area contributed by atoms with E-state index in [1.807, 2.05) is 0 Å². The average molecular weight is 587 g/mol. The molecule has 216 valence electrons. The molecule has 1 heterocycles. The highest BCUT2D eigenvalue weighted by Gasteiger charge is 2.63. The fourth-order valence-electron chi connectivity index (χ4n) is 6.50. The van der Waals surface area contributed by atoms with E-state index in [0.29, 0.717) is 64.2 Å². The van der Waals surface area contributed by atoms with Crippen molar-refractivity contribution >= 4 is 22.5 Å². The number of alkyl halides is 6. The minimum Gasteiger partial charge on any atom is -0.366 e. The molecule has 0 radical (unpaired) electrons. The molecule has 13 heteroatoms. The van der Waals surface area contributed by atoms with Gasteiger partial charge in [0, 0.05) is 43.5 Å². The van der Waals surface area contributed by atoms with Crippen molar-refractivity contribution < 1.29 is 31.1 Å². The highest BCUT2D eigenvalue weighted by atomic mass is 33.1. The van der Waals surface area contributed by atoms with E-state index in [4.69, 9.17) is 10.00 Å². The third-order valence-corrected chi connectivity index (χ3v) is 11.2. The van der Waals surface area contributed by atoms with Gasteiger partial charge in [-0.05, 0) is 69.7 Å². The monoisotopic (exact) mass is 586 g/mol. The van der Waals surface area contributed by atoms with Gasteiger partial charge >= 0.3 is 12.4 Å². The summed E-state index contributed by atoms with van der Waals surface area (Å²) in [5.41, 5.74) is -2.58. The van der Waals surface area contributed by atoms with Gasteiger partial charge in [-0.1, -0.05) is 10.8 Å². The zero-order chi connectivity index (χ0) is 28.2. The van der Waals surface area contributed by atoms with Crippen molar-refractivity contribution in [2.75, 3.05) is 33.3 Å². The maximum atomic E-state index is 13.5. The van der Waals surface area contributed by atoms with Crippen LogP contribution in [0.1, 0.15) is 70.6 Å². The lowest BCUT2D eigenvalue weighted by Gasteiger charge is -2.54. The van der Waals surface area contributed by atoms with Gasteiger partial charge in [0.25, 0.3) is 0 Å². The normalized spacial score (nSPS) is 32.4. The van der Waals surface area contributed by atoms with Crippen LogP contribution >= 0.6 is 22.5 Å². The van der Waals surface area contributed by atoms with Crippen LogP contribution < -0.4 is 0 Å². The molecule has 1 aliphatic heterocycles. The fraction of sp³-hybridized carbons (Fsp3) is 0.920. The lowest BCUT2D eigenvalue weighted by molar-refractivity contribution is -0.316. The number of ether oxygens (including phenoxy) is 1. The highest BCUT2D eigenvalue weighted by molar-refractivity contribution is 8.69. The summed E-state index contributed by atoms with van der Waals surface area (Å²) in [7, 11) is 2.39. The Hall–Kier alpha value is -0.860. The van der Waals surface area contributed by atoms with Crippen LogP contribution in [0.4, 0.5) is 26.3 Å². The van der Waals surface area contributed by atoms with Gasteiger partial charge in [-0.2, -0.15) is 36.9 Å². The van der Waals surface area contributed by atoms with E-state index in [0.717, 1.165) is 7.11 Å². The number of nitriles is 2. The largest absolute Gasteiger partial charge is 0.419 e. The molecule has 2 aliphatic carbocycles. The van der Waals surface area contributed by atoms with Crippen molar-refractivity contribution in [3.05, 3.63) is 0 Å². The van der Waals surface area contributed by atoms with Gasteiger partial charge in [0.15, 0.2) is 5.60 Å². The summed E-state index contributed by atoms with van der Waals surface area (Å²) in [6.45, 7) is -1.25. The molecule has 5 nitrogen and oxygen atoms in total. The molecule has 3 aliphatic rings. The number of methoxy groups -OCH3 is 1. The Morgan fingerprint density at radius 1 is 0.974 bits per heavy atom. The molecule has 0 aromatic rings. The first-order valence-corrected chi connectivity index (χ1v) is 14.9. The molecule has 0 atom stereocenters. The molecule has 1 saturated heterocycles. The van der Waals surface area contributed by atoms with Gasteiger partial charge in [-0.3, -0.25) is 9.80 Å². The Morgan fingerprint density at radius 3 is 2.00 bits per heavy atom. The lowest BCUT2D eigenvalue weighted by Crippen LogP contribution is -2.72. The van der Waals surface area contributed by atoms with Crippen molar-refractivity contribution in [1.29, 1.82) is 10.5 Å². The number of likely N-dealkylation sites (tertiary alicyclic amines) is 1. The molecule has 0 aromatic carbocycles. The molecular weight excluding hydrogens is 550 g/mol. The molecule has 3 rings (SSSR count). The molecule has 0 N–H and O–H groups in total. The summed E-state index contributed by atoms with van der Waals surface area (Å²) < 4.78 is 85.2. The van der Waals surface area contributed by atoms with Crippen molar-refractivity contribution in [3.63, 3.8) is 0 Å². The van der Waals surface area contributed by atoms with Crippen LogP contribution in [0.2, 0.25) is 0 Å². The van der Waals surface area contributed by atoms with Crippen LogP contribution in [0.5, 0.6) is 0 Å². The Labute approximate surface area is 230 Å². The molecule has 38 heavy (non-hydrogen) atoms. The number of nitrogens with zero attached hydrogens (tertiary/aromatic N) is 4. The van der Waals surface area contributed by atoms with Crippen LogP contribution in [-0.4, -0.2) is 77.9 Å². The number of rotatable bonds is 10. The van der Waals surface area contributed by atoms with Crippen LogP contribution in [0, 0.1) is 28.1 Å². The van der Waals surface area contributed by atoms with Gasteiger partial charge in [-0.25, -0.2) is 0 Å². The molecule has 2 saturated carbocycles. The first-order valence-electron chi connectivity index (χ1n) is 13.0. The van der Waals surface area contributed by atoms with E-state index in [2.05, 4.69) is 23.8 Å². The predicted molar refractivity (Wildman–Crippen MR) is 136 cm³/mol. The van der Waals surface area contributed by atoms with Crippen LogP contribution in [0.15, 0.2) is 0 Å². The van der Waals surface area contributed by atoms with E-state index in [-0.39, 0.29) is 42.9 Å². The van der Waals surface area contributed by atoms with Gasteiger partial charge < -0.3 is 4.74 Å². The highest BCUT2D eigenvalue weighted by Crippen LogP contribution is 2.49. The summed E-state index contributed by atoms with van der Waals surface area (Å²) >= 11 is 4.32. The van der Waals surface area contributed by atoms with E-state index >= 15 is 0 Å². The average Bonchev–Trinajstić information content (AvgIpc) is 2.82. The van der Waals surface area contributed by atoms with Gasteiger partial charge in [0.2, 0.25) is 0 Å². The molecule has 0 unspecified atom stereocenters.